The normalized spacial score (nSPS) is 15.5. The van der Waals surface area contributed by atoms with E-state index in [4.69, 9.17) is 4.74 Å². The van der Waals surface area contributed by atoms with E-state index < -0.39 is 16.1 Å². The lowest BCUT2D eigenvalue weighted by Gasteiger charge is -2.26. The summed E-state index contributed by atoms with van der Waals surface area (Å²) in [6, 6.07) is 21.1. The van der Waals surface area contributed by atoms with Gasteiger partial charge in [0.1, 0.15) is 6.04 Å². The van der Waals surface area contributed by atoms with E-state index in [-0.39, 0.29) is 10.8 Å². The molecule has 0 radical (unpaired) electrons. The van der Waals surface area contributed by atoms with Crippen molar-refractivity contribution in [3.05, 3.63) is 89.5 Å². The first kappa shape index (κ1) is 23.9. The molecule has 0 bridgehead atoms. The quantitative estimate of drug-likeness (QED) is 0.532. The first-order valence-electron chi connectivity index (χ1n) is 11.2. The van der Waals surface area contributed by atoms with Crippen molar-refractivity contribution in [1.29, 1.82) is 0 Å². The van der Waals surface area contributed by atoms with Gasteiger partial charge in [0.25, 0.3) is 5.91 Å². The summed E-state index contributed by atoms with van der Waals surface area (Å²) in [5, 5.41) is 6.27. The van der Waals surface area contributed by atoms with Crippen LogP contribution in [-0.2, 0) is 19.6 Å². The maximum absolute atomic E-state index is 13.4. The number of morpholine rings is 1. The molecule has 178 valence electrons. The second kappa shape index (κ2) is 10.4. The fraction of sp³-hybridized carbons (Fsp3) is 0.269. The third-order valence-electron chi connectivity index (χ3n) is 5.80. The Morgan fingerprint density at radius 1 is 0.941 bits per heavy atom. The van der Waals surface area contributed by atoms with E-state index in [1.807, 2.05) is 62.4 Å². The van der Waals surface area contributed by atoms with Gasteiger partial charge in [-0.15, -0.1) is 0 Å². The number of nitrogens with one attached hydrogen (secondary N) is 2. The molecule has 3 aromatic rings. The predicted molar refractivity (Wildman–Crippen MR) is 133 cm³/mol. The van der Waals surface area contributed by atoms with Crippen LogP contribution in [0.15, 0.2) is 77.7 Å². The summed E-state index contributed by atoms with van der Waals surface area (Å²) in [4.78, 5) is 13.6. The summed E-state index contributed by atoms with van der Waals surface area (Å²) in [6.07, 6.45) is 0. The zero-order valence-electron chi connectivity index (χ0n) is 19.3. The Hall–Kier alpha value is -3.20. The van der Waals surface area contributed by atoms with Crippen molar-refractivity contribution in [2.24, 2.45) is 0 Å². The van der Waals surface area contributed by atoms with Gasteiger partial charge in [-0.2, -0.15) is 4.31 Å². The van der Waals surface area contributed by atoms with Crippen molar-refractivity contribution >= 4 is 27.3 Å². The Kier molecular flexibility index (Phi) is 7.31. The third-order valence-corrected chi connectivity index (χ3v) is 7.69. The van der Waals surface area contributed by atoms with Crippen LogP contribution in [0.4, 0.5) is 11.4 Å². The van der Waals surface area contributed by atoms with Crippen LogP contribution in [0.2, 0.25) is 0 Å². The summed E-state index contributed by atoms with van der Waals surface area (Å²) in [6.45, 7) is 5.33. The molecule has 7 nitrogen and oxygen atoms in total. The van der Waals surface area contributed by atoms with Crippen molar-refractivity contribution in [1.82, 2.24) is 4.31 Å². The molecular weight excluding hydrogens is 450 g/mol. The van der Waals surface area contributed by atoms with Crippen molar-refractivity contribution in [3.63, 3.8) is 0 Å². The van der Waals surface area contributed by atoms with Gasteiger partial charge in [0.2, 0.25) is 10.0 Å². The van der Waals surface area contributed by atoms with E-state index in [2.05, 4.69) is 10.6 Å². The van der Waals surface area contributed by atoms with Crippen molar-refractivity contribution in [2.45, 2.75) is 24.8 Å². The Bertz CT molecular complexity index is 1260. The van der Waals surface area contributed by atoms with Gasteiger partial charge in [-0.3, -0.25) is 4.79 Å². The van der Waals surface area contributed by atoms with E-state index >= 15 is 0 Å². The molecule has 1 saturated heterocycles. The molecule has 34 heavy (non-hydrogen) atoms. The van der Waals surface area contributed by atoms with E-state index in [0.29, 0.717) is 32.0 Å². The molecule has 1 atom stereocenters. The number of rotatable bonds is 7. The minimum absolute atomic E-state index is 0.182. The molecule has 0 aromatic heterocycles. The molecule has 0 unspecified atom stereocenters. The molecule has 0 saturated carbocycles. The van der Waals surface area contributed by atoms with Gasteiger partial charge in [0.05, 0.1) is 18.1 Å². The Morgan fingerprint density at radius 3 is 2.41 bits per heavy atom. The average molecular weight is 480 g/mol. The minimum Gasteiger partial charge on any atom is -0.379 e. The summed E-state index contributed by atoms with van der Waals surface area (Å²) in [7, 11) is -3.65. The highest BCUT2D eigenvalue weighted by Crippen LogP contribution is 2.26. The first-order valence-corrected chi connectivity index (χ1v) is 12.7. The maximum Gasteiger partial charge on any atom is 0.251 e. The van der Waals surface area contributed by atoms with Crippen LogP contribution in [0.1, 0.15) is 22.7 Å². The molecule has 1 amide bonds. The molecule has 2 N–H and O–H groups in total. The highest BCUT2D eigenvalue weighted by atomic mass is 32.2. The van der Waals surface area contributed by atoms with Crippen LogP contribution in [0.3, 0.4) is 0 Å². The molecule has 1 heterocycles. The van der Waals surface area contributed by atoms with E-state index in [9.17, 15) is 13.2 Å². The van der Waals surface area contributed by atoms with Crippen molar-refractivity contribution in [2.75, 3.05) is 36.9 Å². The fourth-order valence-corrected chi connectivity index (χ4v) is 5.32. The largest absolute Gasteiger partial charge is 0.379 e. The lowest BCUT2D eigenvalue weighted by Crippen LogP contribution is -2.40. The van der Waals surface area contributed by atoms with Gasteiger partial charge >= 0.3 is 0 Å². The topological polar surface area (TPSA) is 87.7 Å². The highest BCUT2D eigenvalue weighted by molar-refractivity contribution is 7.89. The predicted octanol–water partition coefficient (Wildman–Crippen LogP) is 4.12. The number of hydrogen-bond acceptors (Lipinski definition) is 5. The molecule has 1 aliphatic rings. The third kappa shape index (κ3) is 5.47. The minimum atomic E-state index is -3.65. The molecular formula is C26H29N3O4S. The summed E-state index contributed by atoms with van der Waals surface area (Å²) >= 11 is 0. The average Bonchev–Trinajstić information content (AvgIpc) is 2.86. The lowest BCUT2D eigenvalue weighted by molar-refractivity contribution is -0.117. The molecule has 4 rings (SSSR count). The first-order chi connectivity index (χ1) is 16.3. The van der Waals surface area contributed by atoms with Gasteiger partial charge in [0, 0.05) is 24.5 Å². The van der Waals surface area contributed by atoms with E-state index in [0.717, 1.165) is 22.4 Å². The molecule has 1 aliphatic heterocycles. The molecule has 0 spiro atoms. The number of nitrogens with zero attached hydrogens (tertiary/aromatic N) is 1. The van der Waals surface area contributed by atoms with Gasteiger partial charge in [-0.05, 0) is 54.8 Å². The number of benzene rings is 3. The maximum atomic E-state index is 13.4. The Balaban J connectivity index is 1.62. The van der Waals surface area contributed by atoms with Gasteiger partial charge in [-0.1, -0.05) is 48.5 Å². The van der Waals surface area contributed by atoms with Gasteiger partial charge in [0.15, 0.2) is 0 Å². The molecule has 8 heteroatoms. The van der Waals surface area contributed by atoms with Crippen LogP contribution in [0.25, 0.3) is 0 Å². The lowest BCUT2D eigenvalue weighted by atomic mass is 10.0. The standard InChI is InChI=1S/C26H29N3O4S/c1-19-11-12-20(2)24(17-19)28-26(30)25(21-7-4-3-5-8-21)27-22-9-6-10-23(18-22)34(31,32)29-13-15-33-16-14-29/h3-12,17-18,25,27H,13-16H2,1-2H3,(H,28,30)/t25-/m0/s1. The smallest absolute Gasteiger partial charge is 0.251 e. The number of aryl methyl sites for hydroxylation is 2. The molecule has 3 aromatic carbocycles. The van der Waals surface area contributed by atoms with Gasteiger partial charge < -0.3 is 15.4 Å². The number of hydrogen-bond donors (Lipinski definition) is 2. The summed E-state index contributed by atoms with van der Waals surface area (Å²) < 4.78 is 32.9. The number of carbonyl (C=O) groups excluding carboxylic acids is 1. The van der Waals surface area contributed by atoms with Crippen molar-refractivity contribution in [3.8, 4) is 0 Å². The van der Waals surface area contributed by atoms with Crippen LogP contribution in [0.5, 0.6) is 0 Å². The number of ether oxygens (including phenoxy) is 1. The highest BCUT2D eigenvalue weighted by Gasteiger charge is 2.27. The number of carbonyl (C=O) groups is 1. The SMILES string of the molecule is Cc1ccc(C)c(NC(=O)[C@@H](Nc2cccc(S(=O)(=O)N3CCOCC3)c2)c2ccccc2)c1. The van der Waals surface area contributed by atoms with E-state index in [1.165, 1.54) is 4.31 Å². The Morgan fingerprint density at radius 2 is 1.68 bits per heavy atom. The second-order valence-corrected chi connectivity index (χ2v) is 10.3. The monoisotopic (exact) mass is 479 g/mol. The van der Waals surface area contributed by atoms with Crippen LogP contribution >= 0.6 is 0 Å². The van der Waals surface area contributed by atoms with Crippen molar-refractivity contribution < 1.29 is 17.9 Å². The van der Waals surface area contributed by atoms with Crippen LogP contribution in [-0.4, -0.2) is 44.9 Å². The number of anilines is 2. The van der Waals surface area contributed by atoms with Gasteiger partial charge in [-0.25, -0.2) is 8.42 Å². The summed E-state index contributed by atoms with van der Waals surface area (Å²) in [5.41, 5.74) is 4.07. The number of amides is 1. The van der Waals surface area contributed by atoms with Crippen LogP contribution in [0, 0.1) is 13.8 Å². The Labute approximate surface area is 200 Å². The zero-order chi connectivity index (χ0) is 24.1. The zero-order valence-corrected chi connectivity index (χ0v) is 20.1. The fourth-order valence-electron chi connectivity index (χ4n) is 3.87. The summed E-state index contributed by atoms with van der Waals surface area (Å²) in [5.74, 6) is -0.235. The molecule has 0 aliphatic carbocycles. The number of sulfonamides is 1. The molecule has 1 fully saturated rings. The van der Waals surface area contributed by atoms with Crippen LogP contribution < -0.4 is 10.6 Å². The van der Waals surface area contributed by atoms with E-state index in [1.54, 1.807) is 24.3 Å². The second-order valence-electron chi connectivity index (χ2n) is 8.34.